The Morgan fingerprint density at radius 2 is 1.77 bits per heavy atom. The van der Waals surface area contributed by atoms with Gasteiger partial charge in [-0.2, -0.15) is 0 Å². The molecule has 0 radical (unpaired) electrons. The zero-order chi connectivity index (χ0) is 18.8. The molecule has 0 aliphatic heterocycles. The van der Waals surface area contributed by atoms with Gasteiger partial charge in [0.25, 0.3) is 0 Å². The smallest absolute Gasteiger partial charge is 0.122 e. The molecule has 0 amide bonds. The highest BCUT2D eigenvalue weighted by molar-refractivity contribution is 7.99. The van der Waals surface area contributed by atoms with Crippen molar-refractivity contribution >= 4 is 11.8 Å². The predicted octanol–water partition coefficient (Wildman–Crippen LogP) is 5.53. The minimum atomic E-state index is 0.438. The molecule has 1 unspecified atom stereocenters. The lowest BCUT2D eigenvalue weighted by atomic mass is 10.1. The highest BCUT2D eigenvalue weighted by atomic mass is 32.2. The summed E-state index contributed by atoms with van der Waals surface area (Å²) in [5, 5.41) is 0. The number of hydrogen-bond donors (Lipinski definition) is 0. The Balaban J connectivity index is 1.90. The molecule has 0 aliphatic carbocycles. The molecule has 0 aliphatic rings. The molecule has 142 valence electrons. The highest BCUT2D eigenvalue weighted by Gasteiger charge is 2.12. The Hall–Kier alpha value is -1.65. The first-order valence-corrected chi connectivity index (χ1v) is 10.2. The summed E-state index contributed by atoms with van der Waals surface area (Å²) >= 11 is 1.87. The zero-order valence-electron chi connectivity index (χ0n) is 16.3. The molecular weight excluding hydrogens is 344 g/mol. The molecule has 4 heteroatoms. The van der Waals surface area contributed by atoms with Crippen LogP contribution in [0.1, 0.15) is 24.5 Å². The normalized spacial score (nSPS) is 12.0. The summed E-state index contributed by atoms with van der Waals surface area (Å²) in [5.41, 5.74) is 2.43. The molecule has 2 aromatic carbocycles. The molecule has 26 heavy (non-hydrogen) atoms. The molecule has 0 N–H and O–H groups in total. The molecular formula is C22H30O3S. The summed E-state index contributed by atoms with van der Waals surface area (Å²) in [6, 6.07) is 14.6. The molecule has 0 saturated heterocycles. The second-order valence-corrected chi connectivity index (χ2v) is 7.54. The highest BCUT2D eigenvalue weighted by Crippen LogP contribution is 2.28. The van der Waals surface area contributed by atoms with Crippen molar-refractivity contribution in [2.75, 3.05) is 32.7 Å². The van der Waals surface area contributed by atoms with E-state index in [1.54, 1.807) is 7.11 Å². The van der Waals surface area contributed by atoms with Crippen molar-refractivity contribution in [3.63, 3.8) is 0 Å². The standard InChI is InChI=1S/C22H30O3S/c1-5-24-22-11-10-21(14-18(22)3)26-16-19(12-13-23-4)15-25-20-8-6-17(2)7-9-20/h6-11,14,19H,5,12-13,15-16H2,1-4H3. The third-order valence-corrected chi connectivity index (χ3v) is 5.39. The van der Waals surface area contributed by atoms with E-state index in [0.29, 0.717) is 19.1 Å². The average molecular weight is 375 g/mol. The molecule has 2 rings (SSSR count). The summed E-state index contributed by atoms with van der Waals surface area (Å²) in [7, 11) is 1.75. The van der Waals surface area contributed by atoms with Crippen LogP contribution in [0.15, 0.2) is 47.4 Å². The summed E-state index contributed by atoms with van der Waals surface area (Å²) < 4.78 is 16.9. The van der Waals surface area contributed by atoms with Crippen molar-refractivity contribution < 1.29 is 14.2 Å². The van der Waals surface area contributed by atoms with Gasteiger partial charge in [0.2, 0.25) is 0 Å². The summed E-state index contributed by atoms with van der Waals surface area (Å²) in [5.74, 6) is 3.34. The number of ether oxygens (including phenoxy) is 3. The van der Waals surface area contributed by atoms with Crippen LogP contribution >= 0.6 is 11.8 Å². The fraction of sp³-hybridized carbons (Fsp3) is 0.455. The SMILES string of the molecule is CCOc1ccc(SCC(CCOC)COc2ccc(C)cc2)cc1C. The first-order chi connectivity index (χ1) is 12.6. The Kier molecular flexibility index (Phi) is 8.86. The second-order valence-electron chi connectivity index (χ2n) is 6.44. The van der Waals surface area contributed by atoms with Crippen LogP contribution in [0.5, 0.6) is 11.5 Å². The van der Waals surface area contributed by atoms with Gasteiger partial charge in [-0.3, -0.25) is 0 Å². The molecule has 3 nitrogen and oxygen atoms in total. The second kappa shape index (κ2) is 11.1. The molecule has 2 aromatic rings. The lowest BCUT2D eigenvalue weighted by molar-refractivity contribution is 0.162. The molecule has 0 bridgehead atoms. The van der Waals surface area contributed by atoms with Gasteiger partial charge < -0.3 is 14.2 Å². The van der Waals surface area contributed by atoms with Crippen molar-refractivity contribution in [3.05, 3.63) is 53.6 Å². The topological polar surface area (TPSA) is 27.7 Å². The first-order valence-electron chi connectivity index (χ1n) is 9.17. The van der Waals surface area contributed by atoms with E-state index in [9.17, 15) is 0 Å². The van der Waals surface area contributed by atoms with Gasteiger partial charge in [0.1, 0.15) is 11.5 Å². The first kappa shape index (κ1) is 20.7. The summed E-state index contributed by atoms with van der Waals surface area (Å²) in [6.07, 6.45) is 0.991. The van der Waals surface area contributed by atoms with Crippen molar-refractivity contribution in [2.24, 2.45) is 5.92 Å². The quantitative estimate of drug-likeness (QED) is 0.484. The third-order valence-electron chi connectivity index (χ3n) is 4.17. The number of methoxy groups -OCH3 is 1. The van der Waals surface area contributed by atoms with Crippen molar-refractivity contribution in [3.8, 4) is 11.5 Å². The zero-order valence-corrected chi connectivity index (χ0v) is 17.1. The van der Waals surface area contributed by atoms with E-state index in [1.807, 2.05) is 30.8 Å². The van der Waals surface area contributed by atoms with Gasteiger partial charge in [0, 0.05) is 30.3 Å². The maximum Gasteiger partial charge on any atom is 0.122 e. The van der Waals surface area contributed by atoms with E-state index in [0.717, 1.165) is 30.3 Å². The Morgan fingerprint density at radius 1 is 1.00 bits per heavy atom. The van der Waals surface area contributed by atoms with Crippen LogP contribution in [0.4, 0.5) is 0 Å². The lowest BCUT2D eigenvalue weighted by Crippen LogP contribution is -2.16. The van der Waals surface area contributed by atoms with Gasteiger partial charge in [0.15, 0.2) is 0 Å². The fourth-order valence-electron chi connectivity index (χ4n) is 2.59. The molecule has 0 aromatic heterocycles. The van der Waals surface area contributed by atoms with Gasteiger partial charge in [-0.25, -0.2) is 0 Å². The van der Waals surface area contributed by atoms with E-state index < -0.39 is 0 Å². The van der Waals surface area contributed by atoms with Crippen LogP contribution in [0.3, 0.4) is 0 Å². The molecule has 0 spiro atoms. The number of rotatable bonds is 11. The van der Waals surface area contributed by atoms with Crippen LogP contribution in [-0.2, 0) is 4.74 Å². The van der Waals surface area contributed by atoms with Gasteiger partial charge >= 0.3 is 0 Å². The van der Waals surface area contributed by atoms with E-state index in [1.165, 1.54) is 16.0 Å². The van der Waals surface area contributed by atoms with E-state index in [2.05, 4.69) is 44.2 Å². The number of benzene rings is 2. The molecule has 1 atom stereocenters. The Bertz CT molecular complexity index is 655. The maximum absolute atomic E-state index is 5.99. The van der Waals surface area contributed by atoms with Crippen molar-refractivity contribution in [1.29, 1.82) is 0 Å². The minimum absolute atomic E-state index is 0.438. The Labute approximate surface area is 162 Å². The van der Waals surface area contributed by atoms with E-state index in [4.69, 9.17) is 14.2 Å². The van der Waals surface area contributed by atoms with E-state index in [-0.39, 0.29) is 0 Å². The van der Waals surface area contributed by atoms with Crippen LogP contribution in [-0.4, -0.2) is 32.7 Å². The van der Waals surface area contributed by atoms with Crippen LogP contribution < -0.4 is 9.47 Å². The minimum Gasteiger partial charge on any atom is -0.494 e. The largest absolute Gasteiger partial charge is 0.494 e. The fourth-order valence-corrected chi connectivity index (χ4v) is 3.71. The number of thioether (sulfide) groups is 1. The number of hydrogen-bond acceptors (Lipinski definition) is 4. The summed E-state index contributed by atoms with van der Waals surface area (Å²) in [6.45, 7) is 8.35. The van der Waals surface area contributed by atoms with Crippen molar-refractivity contribution in [1.82, 2.24) is 0 Å². The van der Waals surface area contributed by atoms with Gasteiger partial charge in [-0.05, 0) is 63.1 Å². The van der Waals surface area contributed by atoms with Gasteiger partial charge in [0.05, 0.1) is 13.2 Å². The predicted molar refractivity (Wildman–Crippen MR) is 110 cm³/mol. The molecule has 0 saturated carbocycles. The number of aryl methyl sites for hydroxylation is 2. The average Bonchev–Trinajstić information content (AvgIpc) is 2.64. The van der Waals surface area contributed by atoms with Gasteiger partial charge in [-0.1, -0.05) is 17.7 Å². The third kappa shape index (κ3) is 6.93. The lowest BCUT2D eigenvalue weighted by Gasteiger charge is -2.18. The Morgan fingerprint density at radius 3 is 2.42 bits per heavy atom. The van der Waals surface area contributed by atoms with Crippen LogP contribution in [0.2, 0.25) is 0 Å². The summed E-state index contributed by atoms with van der Waals surface area (Å²) in [4.78, 5) is 1.27. The molecule has 0 heterocycles. The van der Waals surface area contributed by atoms with Crippen LogP contribution in [0.25, 0.3) is 0 Å². The van der Waals surface area contributed by atoms with Crippen molar-refractivity contribution in [2.45, 2.75) is 32.1 Å². The maximum atomic E-state index is 5.99. The molecule has 0 fully saturated rings. The monoisotopic (exact) mass is 374 g/mol. The van der Waals surface area contributed by atoms with Crippen LogP contribution in [0, 0.1) is 19.8 Å². The van der Waals surface area contributed by atoms with E-state index >= 15 is 0 Å². The van der Waals surface area contributed by atoms with Gasteiger partial charge in [-0.15, -0.1) is 11.8 Å².